The molecule has 1 unspecified atom stereocenters. The maximum atomic E-state index is 13.4. The highest BCUT2D eigenvalue weighted by Crippen LogP contribution is 2.21. The highest BCUT2D eigenvalue weighted by atomic mass is 127. The van der Waals surface area contributed by atoms with Crippen LogP contribution in [0.1, 0.15) is 11.6 Å². The standard InChI is InChI=1S/C22H27F2N5O2.HI/c1-25-22(27-15-21(30)28-19-4-2-3-18(24)13-19)26-14-20(29-9-11-31-12-10-29)16-5-7-17(23)8-6-16;/h2-8,13,20H,9-12,14-15H2,1H3,(H,28,30)(H2,25,26,27);1H. The number of aliphatic imine (C=N–C) groups is 1. The van der Waals surface area contributed by atoms with Crippen molar-refractivity contribution in [3.63, 3.8) is 0 Å². The molecule has 0 radical (unpaired) electrons. The second-order valence-corrected chi connectivity index (χ2v) is 7.08. The van der Waals surface area contributed by atoms with Gasteiger partial charge in [-0.1, -0.05) is 18.2 Å². The van der Waals surface area contributed by atoms with Crippen molar-refractivity contribution in [1.29, 1.82) is 0 Å². The number of carbonyl (C=O) groups is 1. The lowest BCUT2D eigenvalue weighted by Gasteiger charge is -2.35. The Hall–Kier alpha value is -2.31. The lowest BCUT2D eigenvalue weighted by molar-refractivity contribution is -0.115. The van der Waals surface area contributed by atoms with Gasteiger partial charge in [0.15, 0.2) is 5.96 Å². The summed E-state index contributed by atoms with van der Waals surface area (Å²) in [4.78, 5) is 18.6. The Morgan fingerprint density at radius 3 is 2.47 bits per heavy atom. The van der Waals surface area contributed by atoms with E-state index < -0.39 is 5.82 Å². The zero-order valence-electron chi connectivity index (χ0n) is 17.8. The van der Waals surface area contributed by atoms with Crippen LogP contribution in [0.4, 0.5) is 14.5 Å². The number of benzene rings is 2. The van der Waals surface area contributed by atoms with Crippen LogP contribution >= 0.6 is 24.0 Å². The van der Waals surface area contributed by atoms with Crippen molar-refractivity contribution in [3.05, 3.63) is 65.7 Å². The van der Waals surface area contributed by atoms with E-state index in [0.717, 1.165) is 18.7 Å². The third-order valence-corrected chi connectivity index (χ3v) is 4.95. The summed E-state index contributed by atoms with van der Waals surface area (Å²) in [5.74, 6) is -0.566. The predicted octanol–water partition coefficient (Wildman–Crippen LogP) is 2.76. The Bertz CT molecular complexity index is 892. The van der Waals surface area contributed by atoms with Crippen LogP contribution in [0.2, 0.25) is 0 Å². The molecule has 3 rings (SSSR count). The maximum Gasteiger partial charge on any atom is 0.243 e. The molecule has 32 heavy (non-hydrogen) atoms. The first kappa shape index (κ1) is 25.9. The van der Waals surface area contributed by atoms with E-state index in [4.69, 9.17) is 4.74 Å². The number of morpholine rings is 1. The van der Waals surface area contributed by atoms with Crippen molar-refractivity contribution in [1.82, 2.24) is 15.5 Å². The van der Waals surface area contributed by atoms with E-state index in [-0.39, 0.29) is 48.3 Å². The van der Waals surface area contributed by atoms with Crippen LogP contribution in [0.5, 0.6) is 0 Å². The fourth-order valence-corrected chi connectivity index (χ4v) is 3.38. The van der Waals surface area contributed by atoms with Crippen LogP contribution in [-0.4, -0.2) is 63.2 Å². The molecule has 2 aromatic rings. The molecule has 0 bridgehead atoms. The number of nitrogens with one attached hydrogen (secondary N) is 3. The molecule has 1 atom stereocenters. The number of amides is 1. The fourth-order valence-electron chi connectivity index (χ4n) is 3.38. The van der Waals surface area contributed by atoms with Gasteiger partial charge in [-0.3, -0.25) is 14.7 Å². The molecule has 1 amide bonds. The molecular formula is C22H28F2IN5O2. The van der Waals surface area contributed by atoms with Gasteiger partial charge in [-0.15, -0.1) is 24.0 Å². The van der Waals surface area contributed by atoms with Gasteiger partial charge >= 0.3 is 0 Å². The lowest BCUT2D eigenvalue weighted by atomic mass is 10.0. The Morgan fingerprint density at radius 1 is 1.09 bits per heavy atom. The molecule has 0 aliphatic carbocycles. The molecule has 2 aromatic carbocycles. The molecule has 7 nitrogen and oxygen atoms in total. The van der Waals surface area contributed by atoms with Gasteiger partial charge in [0.1, 0.15) is 11.6 Å². The number of guanidine groups is 1. The molecular weight excluding hydrogens is 531 g/mol. The fraction of sp³-hybridized carbons (Fsp3) is 0.364. The molecule has 1 fully saturated rings. The first-order valence-electron chi connectivity index (χ1n) is 10.1. The highest BCUT2D eigenvalue weighted by molar-refractivity contribution is 14.0. The first-order valence-corrected chi connectivity index (χ1v) is 10.1. The normalized spacial score (nSPS) is 15.4. The van der Waals surface area contributed by atoms with E-state index in [1.165, 1.54) is 30.3 Å². The first-order chi connectivity index (χ1) is 15.0. The van der Waals surface area contributed by atoms with Gasteiger partial charge in [-0.05, 0) is 35.9 Å². The topological polar surface area (TPSA) is 78.0 Å². The van der Waals surface area contributed by atoms with Crippen molar-refractivity contribution in [2.75, 3.05) is 51.8 Å². The van der Waals surface area contributed by atoms with Crippen LogP contribution in [0.3, 0.4) is 0 Å². The van der Waals surface area contributed by atoms with Crippen molar-refractivity contribution in [3.8, 4) is 0 Å². The maximum absolute atomic E-state index is 13.4. The second-order valence-electron chi connectivity index (χ2n) is 7.08. The van der Waals surface area contributed by atoms with Crippen molar-refractivity contribution >= 4 is 41.5 Å². The smallest absolute Gasteiger partial charge is 0.243 e. The summed E-state index contributed by atoms with van der Waals surface area (Å²) in [7, 11) is 1.61. The number of nitrogens with zero attached hydrogens (tertiary/aromatic N) is 2. The Balaban J connectivity index is 0.00000363. The Morgan fingerprint density at radius 2 is 1.81 bits per heavy atom. The molecule has 1 aliphatic heterocycles. The van der Waals surface area contributed by atoms with Gasteiger partial charge in [-0.2, -0.15) is 0 Å². The predicted molar refractivity (Wildman–Crippen MR) is 131 cm³/mol. The van der Waals surface area contributed by atoms with Crippen LogP contribution in [0.25, 0.3) is 0 Å². The molecule has 0 aromatic heterocycles. The summed E-state index contributed by atoms with van der Waals surface area (Å²) in [5.41, 5.74) is 1.37. The molecule has 1 saturated heterocycles. The third-order valence-electron chi connectivity index (χ3n) is 4.95. The molecule has 1 aliphatic rings. The Labute approximate surface area is 203 Å². The Kier molecular flexibility index (Phi) is 10.8. The summed E-state index contributed by atoms with van der Waals surface area (Å²) >= 11 is 0. The van der Waals surface area contributed by atoms with Crippen molar-refractivity contribution in [2.24, 2.45) is 4.99 Å². The zero-order valence-corrected chi connectivity index (χ0v) is 20.1. The monoisotopic (exact) mass is 559 g/mol. The summed E-state index contributed by atoms with van der Waals surface area (Å²) in [6.45, 7) is 3.30. The minimum absolute atomic E-state index is 0. The average molecular weight is 559 g/mol. The van der Waals surface area contributed by atoms with E-state index >= 15 is 0 Å². The van der Waals surface area contributed by atoms with Crippen LogP contribution in [0.15, 0.2) is 53.5 Å². The molecule has 1 heterocycles. The summed E-state index contributed by atoms with van der Waals surface area (Å²) in [6, 6.07) is 12.2. The largest absolute Gasteiger partial charge is 0.379 e. The van der Waals surface area contributed by atoms with Crippen LogP contribution in [-0.2, 0) is 9.53 Å². The van der Waals surface area contributed by atoms with Gasteiger partial charge in [0.05, 0.1) is 25.8 Å². The average Bonchev–Trinajstić information content (AvgIpc) is 2.78. The molecule has 174 valence electrons. The second kappa shape index (κ2) is 13.3. The highest BCUT2D eigenvalue weighted by Gasteiger charge is 2.23. The summed E-state index contributed by atoms with van der Waals surface area (Å²) in [5, 5.41) is 8.81. The molecule has 10 heteroatoms. The van der Waals surface area contributed by atoms with Gasteiger partial charge < -0.3 is 20.7 Å². The van der Waals surface area contributed by atoms with Gasteiger partial charge in [0, 0.05) is 32.4 Å². The number of rotatable bonds is 7. The van der Waals surface area contributed by atoms with Gasteiger partial charge in [0.2, 0.25) is 5.91 Å². The minimum Gasteiger partial charge on any atom is -0.379 e. The third kappa shape index (κ3) is 7.99. The number of halogens is 3. The lowest BCUT2D eigenvalue weighted by Crippen LogP contribution is -2.47. The quantitative estimate of drug-likeness (QED) is 0.277. The number of ether oxygens (including phenoxy) is 1. The van der Waals surface area contributed by atoms with Gasteiger partial charge in [0.25, 0.3) is 0 Å². The SMILES string of the molecule is CN=C(NCC(=O)Nc1cccc(F)c1)NCC(c1ccc(F)cc1)N1CCOCC1.I. The van der Waals surface area contributed by atoms with E-state index in [9.17, 15) is 13.6 Å². The number of hydrogen-bond acceptors (Lipinski definition) is 4. The van der Waals surface area contributed by atoms with E-state index in [2.05, 4.69) is 25.8 Å². The van der Waals surface area contributed by atoms with E-state index in [0.29, 0.717) is 31.4 Å². The summed E-state index contributed by atoms with van der Waals surface area (Å²) in [6.07, 6.45) is 0. The van der Waals surface area contributed by atoms with Crippen molar-refractivity contribution < 1.29 is 18.3 Å². The van der Waals surface area contributed by atoms with Crippen molar-refractivity contribution in [2.45, 2.75) is 6.04 Å². The number of carbonyl (C=O) groups excluding carboxylic acids is 1. The number of anilines is 1. The molecule has 0 spiro atoms. The minimum atomic E-state index is -0.418. The van der Waals surface area contributed by atoms with E-state index in [1.54, 1.807) is 25.2 Å². The molecule has 0 saturated carbocycles. The summed E-state index contributed by atoms with van der Waals surface area (Å²) < 4.78 is 32.1. The van der Waals surface area contributed by atoms with Crippen LogP contribution in [0, 0.1) is 11.6 Å². The zero-order chi connectivity index (χ0) is 22.1. The number of hydrogen-bond donors (Lipinski definition) is 3. The van der Waals surface area contributed by atoms with E-state index in [1.807, 2.05) is 0 Å². The van der Waals surface area contributed by atoms with Crippen LogP contribution < -0.4 is 16.0 Å². The van der Waals surface area contributed by atoms with Gasteiger partial charge in [-0.25, -0.2) is 8.78 Å². The molecule has 3 N–H and O–H groups in total.